The summed E-state index contributed by atoms with van der Waals surface area (Å²) < 4.78 is 5.34. The van der Waals surface area contributed by atoms with Crippen LogP contribution in [0.15, 0.2) is 18.2 Å². The van der Waals surface area contributed by atoms with Gasteiger partial charge < -0.3 is 9.64 Å². The number of morpholine rings is 1. The Morgan fingerprint density at radius 1 is 1.58 bits per heavy atom. The monoisotopic (exact) mass is 284 g/mol. The van der Waals surface area contributed by atoms with Crippen LogP contribution in [-0.4, -0.2) is 41.5 Å². The molecule has 19 heavy (non-hydrogen) atoms. The fourth-order valence-corrected chi connectivity index (χ4v) is 2.18. The number of carbonyl (C=O) groups excluding carboxylic acids is 1. The standard InChI is InChI=1S/C12H13ClN2O4/c1-8-7-14(4-5-19-8)12(16)10-3-2-9(13)6-11(10)15(17)18/h2-3,6,8H,4-5,7H2,1H3. The van der Waals surface area contributed by atoms with Gasteiger partial charge in [0.2, 0.25) is 0 Å². The summed E-state index contributed by atoms with van der Waals surface area (Å²) in [5.41, 5.74) is -0.208. The molecule has 1 aliphatic heterocycles. The largest absolute Gasteiger partial charge is 0.375 e. The van der Waals surface area contributed by atoms with Gasteiger partial charge in [0, 0.05) is 24.2 Å². The quantitative estimate of drug-likeness (QED) is 0.616. The molecule has 0 spiro atoms. The summed E-state index contributed by atoms with van der Waals surface area (Å²) in [6, 6.07) is 4.06. The van der Waals surface area contributed by atoms with Crippen LogP contribution >= 0.6 is 11.6 Å². The fourth-order valence-electron chi connectivity index (χ4n) is 2.01. The number of halogens is 1. The molecular formula is C12H13ClN2O4. The van der Waals surface area contributed by atoms with Gasteiger partial charge in [-0.1, -0.05) is 11.6 Å². The number of carbonyl (C=O) groups is 1. The van der Waals surface area contributed by atoms with Crippen LogP contribution in [-0.2, 0) is 4.74 Å². The van der Waals surface area contributed by atoms with Crippen molar-refractivity contribution < 1.29 is 14.5 Å². The molecule has 0 saturated carbocycles. The zero-order valence-corrected chi connectivity index (χ0v) is 11.1. The average molecular weight is 285 g/mol. The molecule has 1 atom stereocenters. The highest BCUT2D eigenvalue weighted by Gasteiger charge is 2.28. The number of nitro benzene ring substituents is 1. The highest BCUT2D eigenvalue weighted by Crippen LogP contribution is 2.25. The van der Waals surface area contributed by atoms with E-state index in [-0.39, 0.29) is 28.3 Å². The minimum absolute atomic E-state index is 0.0588. The minimum atomic E-state index is -0.594. The maximum absolute atomic E-state index is 12.3. The number of benzene rings is 1. The van der Waals surface area contributed by atoms with Crippen LogP contribution in [0.25, 0.3) is 0 Å². The first-order chi connectivity index (χ1) is 8.99. The first-order valence-corrected chi connectivity index (χ1v) is 6.21. The van der Waals surface area contributed by atoms with Crippen molar-refractivity contribution in [2.24, 2.45) is 0 Å². The van der Waals surface area contributed by atoms with Crippen LogP contribution in [0.5, 0.6) is 0 Å². The van der Waals surface area contributed by atoms with Crippen LogP contribution in [0.4, 0.5) is 5.69 Å². The highest BCUT2D eigenvalue weighted by molar-refractivity contribution is 6.31. The summed E-state index contributed by atoms with van der Waals surface area (Å²) in [6.45, 7) is 3.16. The lowest BCUT2D eigenvalue weighted by Crippen LogP contribution is -2.44. The zero-order valence-electron chi connectivity index (χ0n) is 10.3. The molecule has 0 aromatic heterocycles. The van der Waals surface area contributed by atoms with Crippen LogP contribution in [0.1, 0.15) is 17.3 Å². The molecule has 1 aromatic carbocycles. The molecule has 102 valence electrons. The van der Waals surface area contributed by atoms with Crippen molar-refractivity contribution in [3.8, 4) is 0 Å². The SMILES string of the molecule is CC1CN(C(=O)c2ccc(Cl)cc2[N+](=O)[O-])CCO1. The Morgan fingerprint density at radius 3 is 2.95 bits per heavy atom. The van der Waals surface area contributed by atoms with Crippen molar-refractivity contribution in [3.63, 3.8) is 0 Å². The zero-order chi connectivity index (χ0) is 14.0. The van der Waals surface area contributed by atoms with Gasteiger partial charge in [-0.3, -0.25) is 14.9 Å². The van der Waals surface area contributed by atoms with E-state index in [2.05, 4.69) is 0 Å². The summed E-state index contributed by atoms with van der Waals surface area (Å²) in [7, 11) is 0. The molecule has 1 fully saturated rings. The smallest absolute Gasteiger partial charge is 0.283 e. The molecule has 1 unspecified atom stereocenters. The predicted octanol–water partition coefficient (Wildman–Crippen LogP) is 2.11. The topological polar surface area (TPSA) is 72.7 Å². The molecule has 0 aliphatic carbocycles. The lowest BCUT2D eigenvalue weighted by molar-refractivity contribution is -0.385. The van der Waals surface area contributed by atoms with Gasteiger partial charge >= 0.3 is 0 Å². The van der Waals surface area contributed by atoms with Crippen molar-refractivity contribution in [1.82, 2.24) is 4.90 Å². The van der Waals surface area contributed by atoms with Gasteiger partial charge in [-0.15, -0.1) is 0 Å². The molecule has 0 radical (unpaired) electrons. The Kier molecular flexibility index (Phi) is 4.01. The third kappa shape index (κ3) is 3.02. The third-order valence-corrected chi connectivity index (χ3v) is 3.15. The van der Waals surface area contributed by atoms with E-state index < -0.39 is 4.92 Å². The number of hydrogen-bond donors (Lipinski definition) is 0. The van der Waals surface area contributed by atoms with Gasteiger partial charge in [0.25, 0.3) is 11.6 Å². The second-order valence-corrected chi connectivity index (χ2v) is 4.79. The first-order valence-electron chi connectivity index (χ1n) is 5.84. The molecule has 2 rings (SSSR count). The average Bonchev–Trinajstić information content (AvgIpc) is 2.37. The van der Waals surface area contributed by atoms with Gasteiger partial charge in [0.1, 0.15) is 5.56 Å². The van der Waals surface area contributed by atoms with Crippen molar-refractivity contribution in [2.45, 2.75) is 13.0 Å². The van der Waals surface area contributed by atoms with E-state index in [4.69, 9.17) is 16.3 Å². The van der Waals surface area contributed by atoms with Crippen LogP contribution in [0.2, 0.25) is 5.02 Å². The van der Waals surface area contributed by atoms with Crippen molar-refractivity contribution in [1.29, 1.82) is 0 Å². The lowest BCUT2D eigenvalue weighted by atomic mass is 10.1. The van der Waals surface area contributed by atoms with Gasteiger partial charge in [-0.2, -0.15) is 0 Å². The third-order valence-electron chi connectivity index (χ3n) is 2.92. The Hall–Kier alpha value is -1.66. The van der Waals surface area contributed by atoms with E-state index >= 15 is 0 Å². The molecule has 1 heterocycles. The molecule has 1 saturated heterocycles. The van der Waals surface area contributed by atoms with E-state index in [1.807, 2.05) is 6.92 Å². The van der Waals surface area contributed by atoms with E-state index in [0.29, 0.717) is 19.7 Å². The normalized spacial score (nSPS) is 19.3. The summed E-state index contributed by atoms with van der Waals surface area (Å²) >= 11 is 5.73. The van der Waals surface area contributed by atoms with Gasteiger partial charge in [-0.05, 0) is 19.1 Å². The summed E-state index contributed by atoms with van der Waals surface area (Å²) in [5.74, 6) is -0.362. The van der Waals surface area contributed by atoms with E-state index in [1.54, 1.807) is 4.90 Å². The minimum Gasteiger partial charge on any atom is -0.375 e. The van der Waals surface area contributed by atoms with Crippen molar-refractivity contribution in [3.05, 3.63) is 38.9 Å². The van der Waals surface area contributed by atoms with E-state index in [9.17, 15) is 14.9 Å². The molecule has 1 aromatic rings. The van der Waals surface area contributed by atoms with Gasteiger partial charge in [0.15, 0.2) is 0 Å². The molecule has 1 amide bonds. The summed E-state index contributed by atoms with van der Waals surface area (Å²) in [4.78, 5) is 24.2. The Bertz CT molecular complexity index is 520. The second kappa shape index (κ2) is 5.54. The van der Waals surface area contributed by atoms with Crippen molar-refractivity contribution in [2.75, 3.05) is 19.7 Å². The summed E-state index contributed by atoms with van der Waals surface area (Å²) in [5, 5.41) is 11.2. The van der Waals surface area contributed by atoms with Crippen LogP contribution < -0.4 is 0 Å². The fraction of sp³-hybridized carbons (Fsp3) is 0.417. The number of rotatable bonds is 2. The predicted molar refractivity (Wildman–Crippen MR) is 69.4 cm³/mol. The lowest BCUT2D eigenvalue weighted by Gasteiger charge is -2.31. The number of nitrogens with zero attached hydrogens (tertiary/aromatic N) is 2. The Morgan fingerprint density at radius 2 is 2.32 bits per heavy atom. The molecular weight excluding hydrogens is 272 g/mol. The molecule has 0 N–H and O–H groups in total. The summed E-state index contributed by atoms with van der Waals surface area (Å²) in [6.07, 6.45) is -0.0657. The van der Waals surface area contributed by atoms with Crippen molar-refractivity contribution >= 4 is 23.2 Å². The highest BCUT2D eigenvalue weighted by atomic mass is 35.5. The number of hydrogen-bond acceptors (Lipinski definition) is 4. The number of nitro groups is 1. The Labute approximate surface area is 115 Å². The van der Waals surface area contributed by atoms with Gasteiger partial charge in [-0.25, -0.2) is 0 Å². The van der Waals surface area contributed by atoms with Crippen LogP contribution in [0, 0.1) is 10.1 Å². The molecule has 1 aliphatic rings. The first kappa shape index (κ1) is 13.8. The second-order valence-electron chi connectivity index (χ2n) is 4.35. The van der Waals surface area contributed by atoms with Gasteiger partial charge in [0.05, 0.1) is 17.6 Å². The molecule has 0 bridgehead atoms. The molecule has 6 nitrogen and oxygen atoms in total. The van der Waals surface area contributed by atoms with E-state index in [1.165, 1.54) is 18.2 Å². The Balaban J connectivity index is 2.30. The maximum Gasteiger partial charge on any atom is 0.283 e. The maximum atomic E-state index is 12.3. The number of amides is 1. The molecule has 7 heteroatoms. The van der Waals surface area contributed by atoms with E-state index in [0.717, 1.165) is 0 Å². The number of ether oxygens (including phenoxy) is 1. The van der Waals surface area contributed by atoms with Crippen LogP contribution in [0.3, 0.4) is 0 Å².